The monoisotopic (exact) mass is 190 g/mol. The Morgan fingerprint density at radius 2 is 1.54 bits per heavy atom. The van der Waals surface area contributed by atoms with E-state index in [1.54, 1.807) is 0 Å². The molecule has 0 aromatic rings. The minimum atomic E-state index is -1.91. The van der Waals surface area contributed by atoms with Crippen LogP contribution in [0.1, 0.15) is 51.9 Å². The zero-order valence-corrected chi connectivity index (χ0v) is 8.75. The summed E-state index contributed by atoms with van der Waals surface area (Å²) in [6.45, 7) is 2.18. The molecule has 3 heteroatoms. The minimum Gasteiger partial charge on any atom is -0.343 e. The zero-order valence-electron chi connectivity index (χ0n) is 8.75. The third kappa shape index (κ3) is 8.22. The summed E-state index contributed by atoms with van der Waals surface area (Å²) < 4.78 is 4.48. The smallest absolute Gasteiger partial charge is 0.277 e. The standard InChI is InChI=1S/C10H22O3/c1-3-4-5-6-7-8-9-10(11,12)13-2/h11-12H,3-9H2,1-2H3. The molecule has 0 amide bonds. The van der Waals surface area contributed by atoms with Crippen LogP contribution in [0.2, 0.25) is 0 Å². The highest BCUT2D eigenvalue weighted by atomic mass is 16.8. The molecule has 13 heavy (non-hydrogen) atoms. The van der Waals surface area contributed by atoms with E-state index in [0.29, 0.717) is 6.42 Å². The van der Waals surface area contributed by atoms with Gasteiger partial charge in [-0.15, -0.1) is 0 Å². The van der Waals surface area contributed by atoms with Crippen molar-refractivity contribution in [2.24, 2.45) is 0 Å². The molecular weight excluding hydrogens is 168 g/mol. The van der Waals surface area contributed by atoms with Crippen molar-refractivity contribution < 1.29 is 14.9 Å². The second-order valence-electron chi connectivity index (χ2n) is 3.47. The van der Waals surface area contributed by atoms with Crippen LogP contribution in [0.3, 0.4) is 0 Å². The summed E-state index contributed by atoms with van der Waals surface area (Å²) in [5.41, 5.74) is 0. The summed E-state index contributed by atoms with van der Waals surface area (Å²) in [4.78, 5) is 0. The molecule has 0 aliphatic rings. The number of methoxy groups -OCH3 is 1. The molecule has 0 atom stereocenters. The first kappa shape index (κ1) is 12.9. The van der Waals surface area contributed by atoms with Crippen molar-refractivity contribution in [2.45, 2.75) is 57.8 Å². The maximum atomic E-state index is 9.06. The maximum absolute atomic E-state index is 9.06. The maximum Gasteiger partial charge on any atom is 0.277 e. The summed E-state index contributed by atoms with van der Waals surface area (Å²) >= 11 is 0. The van der Waals surface area contributed by atoms with Crippen molar-refractivity contribution in [3.8, 4) is 0 Å². The van der Waals surface area contributed by atoms with Gasteiger partial charge in [0.1, 0.15) is 0 Å². The third-order valence-corrected chi connectivity index (χ3v) is 2.18. The number of aliphatic hydroxyl groups is 2. The molecule has 3 nitrogen and oxygen atoms in total. The van der Waals surface area contributed by atoms with Crippen molar-refractivity contribution >= 4 is 0 Å². The van der Waals surface area contributed by atoms with Crippen molar-refractivity contribution in [3.63, 3.8) is 0 Å². The fourth-order valence-corrected chi connectivity index (χ4v) is 1.24. The highest BCUT2D eigenvalue weighted by molar-refractivity contribution is 4.51. The first-order valence-electron chi connectivity index (χ1n) is 5.12. The average Bonchev–Trinajstić information content (AvgIpc) is 2.11. The van der Waals surface area contributed by atoms with Crippen molar-refractivity contribution in [1.29, 1.82) is 0 Å². The van der Waals surface area contributed by atoms with Crippen LogP contribution in [-0.4, -0.2) is 23.3 Å². The Bertz CT molecular complexity index is 113. The van der Waals surface area contributed by atoms with Gasteiger partial charge in [0.15, 0.2) is 0 Å². The van der Waals surface area contributed by atoms with E-state index < -0.39 is 5.97 Å². The fourth-order valence-electron chi connectivity index (χ4n) is 1.24. The van der Waals surface area contributed by atoms with Gasteiger partial charge in [-0.2, -0.15) is 0 Å². The molecule has 0 aromatic carbocycles. The number of unbranched alkanes of at least 4 members (excludes halogenated alkanes) is 5. The minimum absolute atomic E-state index is 0.301. The van der Waals surface area contributed by atoms with Crippen molar-refractivity contribution in [1.82, 2.24) is 0 Å². The van der Waals surface area contributed by atoms with E-state index in [0.717, 1.165) is 12.8 Å². The number of rotatable bonds is 8. The van der Waals surface area contributed by atoms with E-state index in [1.807, 2.05) is 0 Å². The Hall–Kier alpha value is -0.120. The summed E-state index contributed by atoms with van der Waals surface area (Å²) in [6, 6.07) is 0. The van der Waals surface area contributed by atoms with Gasteiger partial charge >= 0.3 is 0 Å². The van der Waals surface area contributed by atoms with E-state index in [2.05, 4.69) is 11.7 Å². The molecule has 0 fully saturated rings. The Kier molecular flexibility index (Phi) is 7.23. The van der Waals surface area contributed by atoms with Gasteiger partial charge < -0.3 is 14.9 Å². The molecule has 0 unspecified atom stereocenters. The lowest BCUT2D eigenvalue weighted by molar-refractivity contribution is -0.329. The molecule has 0 bridgehead atoms. The second-order valence-corrected chi connectivity index (χ2v) is 3.47. The molecule has 0 rings (SSSR count). The Morgan fingerprint density at radius 3 is 2.08 bits per heavy atom. The summed E-state index contributed by atoms with van der Waals surface area (Å²) in [6.07, 6.45) is 7.09. The SMILES string of the molecule is CCCCCCCCC(O)(O)OC. The van der Waals surface area contributed by atoms with Gasteiger partial charge in [-0.25, -0.2) is 0 Å². The summed E-state index contributed by atoms with van der Waals surface area (Å²) in [5, 5.41) is 18.1. The topological polar surface area (TPSA) is 49.7 Å². The summed E-state index contributed by atoms with van der Waals surface area (Å²) in [7, 11) is 1.30. The van der Waals surface area contributed by atoms with Gasteiger partial charge in [-0.1, -0.05) is 39.0 Å². The van der Waals surface area contributed by atoms with Gasteiger partial charge in [0, 0.05) is 13.5 Å². The van der Waals surface area contributed by atoms with Crippen LogP contribution in [0.5, 0.6) is 0 Å². The fraction of sp³-hybridized carbons (Fsp3) is 1.00. The van der Waals surface area contributed by atoms with Crippen LogP contribution >= 0.6 is 0 Å². The van der Waals surface area contributed by atoms with Crippen LogP contribution in [0.15, 0.2) is 0 Å². The lowest BCUT2D eigenvalue weighted by atomic mass is 10.1. The molecule has 0 aliphatic carbocycles. The lowest BCUT2D eigenvalue weighted by Gasteiger charge is -2.18. The van der Waals surface area contributed by atoms with E-state index in [4.69, 9.17) is 10.2 Å². The molecule has 0 aliphatic heterocycles. The lowest BCUT2D eigenvalue weighted by Crippen LogP contribution is -2.29. The normalized spacial score (nSPS) is 12.0. The first-order valence-corrected chi connectivity index (χ1v) is 5.12. The van der Waals surface area contributed by atoms with E-state index >= 15 is 0 Å². The van der Waals surface area contributed by atoms with E-state index in [9.17, 15) is 0 Å². The third-order valence-electron chi connectivity index (χ3n) is 2.18. The summed E-state index contributed by atoms with van der Waals surface area (Å²) in [5.74, 6) is -1.91. The molecule has 0 radical (unpaired) electrons. The van der Waals surface area contributed by atoms with Crippen molar-refractivity contribution in [3.05, 3.63) is 0 Å². The highest BCUT2D eigenvalue weighted by Crippen LogP contribution is 2.13. The molecule has 0 saturated carbocycles. The molecule has 0 heterocycles. The van der Waals surface area contributed by atoms with Gasteiger partial charge in [-0.3, -0.25) is 0 Å². The number of ether oxygens (including phenoxy) is 1. The van der Waals surface area contributed by atoms with Gasteiger partial charge in [0.25, 0.3) is 5.97 Å². The molecular formula is C10H22O3. The average molecular weight is 190 g/mol. The Morgan fingerprint density at radius 1 is 1.00 bits per heavy atom. The molecule has 80 valence electrons. The quantitative estimate of drug-likeness (QED) is 0.455. The molecule has 0 spiro atoms. The predicted molar refractivity (Wildman–Crippen MR) is 52.2 cm³/mol. The predicted octanol–water partition coefficient (Wildman–Crippen LogP) is 2.02. The molecule has 2 N–H and O–H groups in total. The van der Waals surface area contributed by atoms with Gasteiger partial charge in [0.05, 0.1) is 0 Å². The van der Waals surface area contributed by atoms with Crippen LogP contribution in [-0.2, 0) is 4.74 Å². The first-order chi connectivity index (χ1) is 6.12. The highest BCUT2D eigenvalue weighted by Gasteiger charge is 2.20. The van der Waals surface area contributed by atoms with Crippen LogP contribution in [0.25, 0.3) is 0 Å². The van der Waals surface area contributed by atoms with Crippen molar-refractivity contribution in [2.75, 3.05) is 7.11 Å². The van der Waals surface area contributed by atoms with Crippen LogP contribution < -0.4 is 0 Å². The number of hydrogen-bond acceptors (Lipinski definition) is 3. The Balaban J connectivity index is 3.16. The second kappa shape index (κ2) is 7.30. The van der Waals surface area contributed by atoms with Gasteiger partial charge in [-0.05, 0) is 6.42 Å². The van der Waals surface area contributed by atoms with Gasteiger partial charge in [0.2, 0.25) is 0 Å². The number of hydrogen-bond donors (Lipinski definition) is 2. The van der Waals surface area contributed by atoms with E-state index in [-0.39, 0.29) is 0 Å². The van der Waals surface area contributed by atoms with E-state index in [1.165, 1.54) is 32.8 Å². The van der Waals surface area contributed by atoms with Crippen LogP contribution in [0, 0.1) is 0 Å². The Labute approximate surface area is 80.7 Å². The molecule has 0 saturated heterocycles. The largest absolute Gasteiger partial charge is 0.343 e. The van der Waals surface area contributed by atoms with Crippen LogP contribution in [0.4, 0.5) is 0 Å². The zero-order chi connectivity index (χ0) is 10.2. The molecule has 0 aromatic heterocycles.